The number of thiophene rings is 1. The van der Waals surface area contributed by atoms with Crippen LogP contribution in [-0.4, -0.2) is 14.4 Å². The lowest BCUT2D eigenvalue weighted by atomic mass is 9.62. The first-order valence-electron chi connectivity index (χ1n) is 8.65. The number of hydrogen-bond acceptors (Lipinski definition) is 2. The average molecular weight is 335 g/mol. The fourth-order valence-corrected chi connectivity index (χ4v) is 6.83. The summed E-state index contributed by atoms with van der Waals surface area (Å²) in [4.78, 5) is 1.48. The highest BCUT2D eigenvalue weighted by molar-refractivity contribution is 7.09. The summed E-state index contributed by atoms with van der Waals surface area (Å²) in [7, 11) is -1.61. The lowest BCUT2D eigenvalue weighted by Crippen LogP contribution is -2.49. The number of terminal acetylenes is 1. The van der Waals surface area contributed by atoms with Gasteiger partial charge in [-0.05, 0) is 49.8 Å². The minimum atomic E-state index is -1.61. The highest BCUT2D eigenvalue weighted by atomic mass is 32.1. The lowest BCUT2D eigenvalue weighted by Gasteiger charge is -2.49. The maximum atomic E-state index is 6.74. The maximum absolute atomic E-state index is 6.74. The molecule has 0 radical (unpaired) electrons. The van der Waals surface area contributed by atoms with E-state index in [-0.39, 0.29) is 6.10 Å². The Kier molecular flexibility index (Phi) is 6.32. The molecule has 22 heavy (non-hydrogen) atoms. The van der Waals surface area contributed by atoms with Gasteiger partial charge in [0.25, 0.3) is 0 Å². The zero-order valence-corrected chi connectivity index (χ0v) is 16.2. The van der Waals surface area contributed by atoms with Crippen molar-refractivity contribution in [3.8, 4) is 12.3 Å². The summed E-state index contributed by atoms with van der Waals surface area (Å²) in [5.41, 5.74) is 0.299. The number of hydrogen-bond donors (Lipinski definition) is 0. The summed E-state index contributed by atoms with van der Waals surface area (Å²) < 4.78 is 6.74. The van der Waals surface area contributed by atoms with E-state index in [0.29, 0.717) is 5.41 Å². The Labute approximate surface area is 141 Å². The minimum absolute atomic E-state index is 0.256. The Morgan fingerprint density at radius 1 is 1.45 bits per heavy atom. The van der Waals surface area contributed by atoms with Gasteiger partial charge in [-0.25, -0.2) is 0 Å². The smallest absolute Gasteiger partial charge is 0.187 e. The largest absolute Gasteiger partial charge is 0.413 e. The van der Waals surface area contributed by atoms with Crippen molar-refractivity contribution >= 4 is 19.7 Å². The quantitative estimate of drug-likeness (QED) is 0.405. The van der Waals surface area contributed by atoms with Gasteiger partial charge in [-0.2, -0.15) is 0 Å². The SMILES string of the molecule is C#CCC(O[Si](C)(C)CCCC)C1(Cc2cccs2)CCC1. The fraction of sp³-hybridized carbons (Fsp3) is 0.684. The summed E-state index contributed by atoms with van der Waals surface area (Å²) >= 11 is 1.87. The molecule has 1 aromatic rings. The van der Waals surface area contributed by atoms with Crippen LogP contribution in [0.25, 0.3) is 0 Å². The molecule has 122 valence electrons. The molecule has 0 bridgehead atoms. The van der Waals surface area contributed by atoms with Crippen molar-refractivity contribution in [2.24, 2.45) is 5.41 Å². The van der Waals surface area contributed by atoms with E-state index in [4.69, 9.17) is 10.8 Å². The van der Waals surface area contributed by atoms with Crippen molar-refractivity contribution in [2.75, 3.05) is 0 Å². The van der Waals surface area contributed by atoms with Crippen molar-refractivity contribution in [2.45, 2.75) is 77.1 Å². The van der Waals surface area contributed by atoms with Crippen molar-refractivity contribution < 1.29 is 4.43 Å². The summed E-state index contributed by atoms with van der Waals surface area (Å²) in [5, 5.41) is 2.18. The first-order valence-corrected chi connectivity index (χ1v) is 12.6. The van der Waals surface area contributed by atoms with Gasteiger partial charge in [0.1, 0.15) is 0 Å². The molecule has 0 saturated heterocycles. The molecule has 0 N–H and O–H groups in total. The van der Waals surface area contributed by atoms with Gasteiger partial charge >= 0.3 is 0 Å². The molecule has 1 aliphatic carbocycles. The van der Waals surface area contributed by atoms with Gasteiger partial charge in [-0.15, -0.1) is 23.7 Å². The monoisotopic (exact) mass is 334 g/mol. The van der Waals surface area contributed by atoms with Gasteiger partial charge in [0.05, 0.1) is 6.10 Å². The van der Waals surface area contributed by atoms with Gasteiger partial charge in [0, 0.05) is 16.7 Å². The van der Waals surface area contributed by atoms with Crippen LogP contribution in [0, 0.1) is 17.8 Å². The van der Waals surface area contributed by atoms with E-state index in [0.717, 1.165) is 12.8 Å². The number of rotatable bonds is 9. The molecule has 1 unspecified atom stereocenters. The highest BCUT2D eigenvalue weighted by Gasteiger charge is 2.46. The summed E-state index contributed by atoms with van der Waals surface area (Å²) in [6.07, 6.45) is 14.3. The van der Waals surface area contributed by atoms with E-state index < -0.39 is 8.32 Å². The molecule has 0 aromatic carbocycles. The lowest BCUT2D eigenvalue weighted by molar-refractivity contribution is -0.0198. The third-order valence-corrected chi connectivity index (χ3v) is 8.39. The fourth-order valence-electron chi connectivity index (χ4n) is 3.54. The molecule has 1 aliphatic rings. The second kappa shape index (κ2) is 7.81. The zero-order valence-electron chi connectivity index (χ0n) is 14.4. The molecular formula is C19H30OSSi. The summed E-state index contributed by atoms with van der Waals surface area (Å²) in [6.45, 7) is 6.99. The third kappa shape index (κ3) is 4.47. The second-order valence-electron chi connectivity index (χ2n) is 7.35. The zero-order chi connectivity index (χ0) is 16.1. The van der Waals surface area contributed by atoms with E-state index in [2.05, 4.69) is 43.5 Å². The first-order chi connectivity index (χ1) is 10.5. The van der Waals surface area contributed by atoms with Gasteiger partial charge in [-0.1, -0.05) is 32.3 Å². The van der Waals surface area contributed by atoms with Crippen LogP contribution in [-0.2, 0) is 10.8 Å². The predicted octanol–water partition coefficient (Wildman–Crippen LogP) is 5.87. The highest BCUT2D eigenvalue weighted by Crippen LogP contribution is 2.50. The molecule has 0 aliphatic heterocycles. The van der Waals surface area contributed by atoms with Gasteiger partial charge in [0.15, 0.2) is 8.32 Å². The summed E-state index contributed by atoms with van der Waals surface area (Å²) in [6, 6.07) is 5.67. The van der Waals surface area contributed by atoms with E-state index in [1.807, 2.05) is 11.3 Å². The molecule has 1 fully saturated rings. The second-order valence-corrected chi connectivity index (χ2v) is 12.6. The molecule has 1 aromatic heterocycles. The van der Waals surface area contributed by atoms with Crippen molar-refractivity contribution in [1.82, 2.24) is 0 Å². The molecule has 1 saturated carbocycles. The van der Waals surface area contributed by atoms with E-state index in [1.165, 1.54) is 43.0 Å². The topological polar surface area (TPSA) is 9.23 Å². The van der Waals surface area contributed by atoms with Crippen LogP contribution in [0.1, 0.15) is 50.3 Å². The Morgan fingerprint density at radius 3 is 2.73 bits per heavy atom. The molecule has 1 nitrogen and oxygen atoms in total. The first kappa shape index (κ1) is 17.8. The average Bonchev–Trinajstić information content (AvgIpc) is 2.93. The van der Waals surface area contributed by atoms with Gasteiger partial charge in [-0.3, -0.25) is 0 Å². The molecule has 1 atom stereocenters. The van der Waals surface area contributed by atoms with Crippen molar-refractivity contribution in [1.29, 1.82) is 0 Å². The van der Waals surface area contributed by atoms with Crippen LogP contribution in [0.4, 0.5) is 0 Å². The number of unbranched alkanes of at least 4 members (excludes halogenated alkanes) is 1. The van der Waals surface area contributed by atoms with E-state index in [1.54, 1.807) is 0 Å². The molecule has 1 heterocycles. The Hall–Kier alpha value is -0.563. The van der Waals surface area contributed by atoms with Crippen LogP contribution in [0.3, 0.4) is 0 Å². The molecule has 0 spiro atoms. The van der Waals surface area contributed by atoms with Crippen LogP contribution in [0.5, 0.6) is 0 Å². The standard InChI is InChI=1S/C19H30OSSi/c1-5-7-15-22(3,4)20-18(10-6-2)19(12-9-13-19)16-17-11-8-14-21-17/h2,8,11,14,18H,5,7,9-10,12-13,15-16H2,1,3-4H3. The normalized spacial score (nSPS) is 18.5. The molecule has 3 heteroatoms. The third-order valence-electron chi connectivity index (χ3n) is 5.04. The van der Waals surface area contributed by atoms with Crippen molar-refractivity contribution in [3.63, 3.8) is 0 Å². The van der Waals surface area contributed by atoms with Gasteiger partial charge < -0.3 is 4.43 Å². The van der Waals surface area contributed by atoms with Crippen LogP contribution >= 0.6 is 11.3 Å². The Bertz CT molecular complexity index is 482. The van der Waals surface area contributed by atoms with E-state index in [9.17, 15) is 0 Å². The van der Waals surface area contributed by atoms with Crippen LogP contribution in [0.15, 0.2) is 17.5 Å². The van der Waals surface area contributed by atoms with Crippen LogP contribution in [0.2, 0.25) is 19.1 Å². The Morgan fingerprint density at radius 2 is 2.23 bits per heavy atom. The molecule has 0 amide bonds. The predicted molar refractivity (Wildman–Crippen MR) is 99.8 cm³/mol. The van der Waals surface area contributed by atoms with Gasteiger partial charge in [0.2, 0.25) is 0 Å². The molecular weight excluding hydrogens is 304 g/mol. The minimum Gasteiger partial charge on any atom is -0.413 e. The van der Waals surface area contributed by atoms with Crippen molar-refractivity contribution in [3.05, 3.63) is 22.4 Å². The Balaban J connectivity index is 2.09. The molecule has 2 rings (SSSR count). The summed E-state index contributed by atoms with van der Waals surface area (Å²) in [5.74, 6) is 2.90. The van der Waals surface area contributed by atoms with E-state index >= 15 is 0 Å². The van der Waals surface area contributed by atoms with Crippen LogP contribution < -0.4 is 0 Å². The maximum Gasteiger partial charge on any atom is 0.187 e.